The van der Waals surface area contributed by atoms with Crippen molar-refractivity contribution in [1.82, 2.24) is 9.62 Å². The Morgan fingerprint density at radius 2 is 2.10 bits per heavy atom. The van der Waals surface area contributed by atoms with Crippen molar-refractivity contribution in [3.63, 3.8) is 0 Å². The van der Waals surface area contributed by atoms with E-state index in [4.69, 9.17) is 0 Å². The molecule has 116 valence electrons. The molecule has 0 spiro atoms. The van der Waals surface area contributed by atoms with Crippen LogP contribution in [0.1, 0.15) is 25.8 Å². The van der Waals surface area contributed by atoms with Crippen molar-refractivity contribution >= 4 is 15.9 Å². The summed E-state index contributed by atoms with van der Waals surface area (Å²) in [4.78, 5) is 13.4. The topological polar surface area (TPSA) is 66.5 Å². The largest absolute Gasteiger partial charge is 0.343 e. The highest BCUT2D eigenvalue weighted by Gasteiger charge is 2.26. The van der Waals surface area contributed by atoms with Gasteiger partial charge in [-0.1, -0.05) is 25.1 Å². The van der Waals surface area contributed by atoms with Gasteiger partial charge >= 0.3 is 0 Å². The Balaban J connectivity index is 2.01. The summed E-state index contributed by atoms with van der Waals surface area (Å²) in [5, 5.41) is 0. The second-order valence-corrected chi connectivity index (χ2v) is 7.17. The van der Waals surface area contributed by atoms with Crippen molar-refractivity contribution in [2.75, 3.05) is 19.6 Å². The smallest absolute Gasteiger partial charge is 0.240 e. The Labute approximate surface area is 126 Å². The molecule has 1 aromatic rings. The monoisotopic (exact) mass is 310 g/mol. The van der Waals surface area contributed by atoms with Crippen molar-refractivity contribution in [2.45, 2.75) is 31.6 Å². The molecular formula is C15H22N2O3S. The number of carbonyl (C=O) groups is 1. The molecule has 6 heteroatoms. The van der Waals surface area contributed by atoms with Crippen LogP contribution in [0, 0.1) is 5.92 Å². The average molecular weight is 310 g/mol. The molecule has 0 aromatic heterocycles. The molecule has 1 aliphatic rings. The number of aryl methyl sites for hydroxylation is 1. The van der Waals surface area contributed by atoms with Crippen LogP contribution in [0.15, 0.2) is 29.2 Å². The Bertz CT molecular complexity index is 613. The van der Waals surface area contributed by atoms with E-state index in [1.54, 1.807) is 24.0 Å². The van der Waals surface area contributed by atoms with Gasteiger partial charge in [0.05, 0.1) is 4.90 Å². The van der Waals surface area contributed by atoms with Gasteiger partial charge in [0.15, 0.2) is 0 Å². The number of sulfonamides is 1. The van der Waals surface area contributed by atoms with Gasteiger partial charge in [-0.3, -0.25) is 4.79 Å². The van der Waals surface area contributed by atoms with E-state index in [1.165, 1.54) is 0 Å². The minimum atomic E-state index is -3.48. The molecule has 1 heterocycles. The zero-order valence-corrected chi connectivity index (χ0v) is 13.3. The normalized spacial score (nSPS) is 19.0. The molecule has 1 amide bonds. The molecule has 1 N–H and O–H groups in total. The molecular weight excluding hydrogens is 288 g/mol. The summed E-state index contributed by atoms with van der Waals surface area (Å²) in [6.45, 7) is 5.21. The van der Waals surface area contributed by atoms with Crippen LogP contribution in [0.5, 0.6) is 0 Å². The molecule has 5 nitrogen and oxygen atoms in total. The van der Waals surface area contributed by atoms with Gasteiger partial charge in [-0.05, 0) is 30.4 Å². The summed E-state index contributed by atoms with van der Waals surface area (Å²) in [5.74, 6) is 0.245. The highest BCUT2D eigenvalue weighted by atomic mass is 32.2. The summed E-state index contributed by atoms with van der Waals surface area (Å²) < 4.78 is 27.5. The van der Waals surface area contributed by atoms with Crippen LogP contribution in [0.25, 0.3) is 0 Å². The lowest BCUT2D eigenvalue weighted by Crippen LogP contribution is -2.32. The lowest BCUT2D eigenvalue weighted by molar-refractivity contribution is -0.127. The summed E-state index contributed by atoms with van der Waals surface area (Å²) in [6, 6.07) is 7.06. The van der Waals surface area contributed by atoms with Gasteiger partial charge in [-0.2, -0.15) is 0 Å². The van der Waals surface area contributed by atoms with E-state index < -0.39 is 10.0 Å². The van der Waals surface area contributed by atoms with Gasteiger partial charge in [0.1, 0.15) is 0 Å². The van der Waals surface area contributed by atoms with Crippen LogP contribution in [-0.2, 0) is 21.2 Å². The van der Waals surface area contributed by atoms with Crippen molar-refractivity contribution in [3.8, 4) is 0 Å². The zero-order chi connectivity index (χ0) is 15.5. The van der Waals surface area contributed by atoms with Crippen LogP contribution in [-0.4, -0.2) is 38.9 Å². The number of hydrogen-bond acceptors (Lipinski definition) is 3. The summed E-state index contributed by atoms with van der Waals surface area (Å²) >= 11 is 0. The van der Waals surface area contributed by atoms with E-state index in [9.17, 15) is 13.2 Å². The molecule has 1 fully saturated rings. The van der Waals surface area contributed by atoms with Crippen LogP contribution in [0.2, 0.25) is 0 Å². The van der Waals surface area contributed by atoms with Gasteiger partial charge in [-0.25, -0.2) is 13.1 Å². The van der Waals surface area contributed by atoms with Gasteiger partial charge in [0.25, 0.3) is 0 Å². The predicted octanol–water partition coefficient (Wildman–Crippen LogP) is 1.40. The molecule has 1 aromatic carbocycles. The van der Waals surface area contributed by atoms with E-state index in [1.807, 2.05) is 19.1 Å². The Morgan fingerprint density at radius 3 is 2.71 bits per heavy atom. The molecule has 0 radical (unpaired) electrons. The third-order valence-corrected chi connectivity index (χ3v) is 5.46. The number of amides is 1. The average Bonchev–Trinajstić information content (AvgIpc) is 2.94. The zero-order valence-electron chi connectivity index (χ0n) is 12.5. The summed E-state index contributed by atoms with van der Waals surface area (Å²) in [7, 11) is -3.48. The molecule has 1 aliphatic heterocycles. The van der Waals surface area contributed by atoms with Crippen LogP contribution < -0.4 is 4.72 Å². The molecule has 0 saturated carbocycles. The maximum Gasteiger partial charge on any atom is 0.240 e. The van der Waals surface area contributed by atoms with Crippen molar-refractivity contribution in [1.29, 1.82) is 0 Å². The SMILES string of the molecule is CCc1ccccc1S(=O)(=O)NCC1CCN(C(C)=O)C1. The van der Waals surface area contributed by atoms with Crippen molar-refractivity contribution in [3.05, 3.63) is 29.8 Å². The van der Waals surface area contributed by atoms with E-state index in [0.717, 1.165) is 12.0 Å². The summed E-state index contributed by atoms with van der Waals surface area (Å²) in [6.07, 6.45) is 1.52. The molecule has 0 aliphatic carbocycles. The fourth-order valence-electron chi connectivity index (χ4n) is 2.65. The second kappa shape index (κ2) is 6.58. The predicted molar refractivity (Wildman–Crippen MR) is 81.4 cm³/mol. The number of hydrogen-bond donors (Lipinski definition) is 1. The lowest BCUT2D eigenvalue weighted by atomic mass is 10.1. The van der Waals surface area contributed by atoms with Gasteiger partial charge in [0.2, 0.25) is 15.9 Å². The number of nitrogens with one attached hydrogen (secondary N) is 1. The standard InChI is InChI=1S/C15H22N2O3S/c1-3-14-6-4-5-7-15(14)21(19,20)16-10-13-8-9-17(11-13)12(2)18/h4-7,13,16H,3,8-11H2,1-2H3. The van der Waals surface area contributed by atoms with Crippen LogP contribution in [0.3, 0.4) is 0 Å². The highest BCUT2D eigenvalue weighted by molar-refractivity contribution is 7.89. The van der Waals surface area contributed by atoms with Crippen molar-refractivity contribution in [2.24, 2.45) is 5.92 Å². The van der Waals surface area contributed by atoms with Gasteiger partial charge in [-0.15, -0.1) is 0 Å². The Kier molecular flexibility index (Phi) is 5.00. The molecule has 1 atom stereocenters. The van der Waals surface area contributed by atoms with E-state index in [-0.39, 0.29) is 11.8 Å². The second-order valence-electron chi connectivity index (χ2n) is 5.43. The first kappa shape index (κ1) is 16.0. The fourth-order valence-corrected chi connectivity index (χ4v) is 4.07. The minimum absolute atomic E-state index is 0.0525. The maximum atomic E-state index is 12.4. The number of nitrogens with zero attached hydrogens (tertiary/aromatic N) is 1. The number of likely N-dealkylation sites (tertiary alicyclic amines) is 1. The first-order chi connectivity index (χ1) is 9.94. The van der Waals surface area contributed by atoms with Crippen LogP contribution in [0.4, 0.5) is 0 Å². The van der Waals surface area contributed by atoms with E-state index in [0.29, 0.717) is 31.0 Å². The van der Waals surface area contributed by atoms with E-state index in [2.05, 4.69) is 4.72 Å². The first-order valence-electron chi connectivity index (χ1n) is 7.27. The quantitative estimate of drug-likeness (QED) is 0.894. The number of rotatable bonds is 5. The third-order valence-electron chi connectivity index (χ3n) is 3.94. The highest BCUT2D eigenvalue weighted by Crippen LogP contribution is 2.18. The lowest BCUT2D eigenvalue weighted by Gasteiger charge is -2.15. The van der Waals surface area contributed by atoms with Gasteiger partial charge in [0, 0.05) is 26.6 Å². The Morgan fingerprint density at radius 1 is 1.38 bits per heavy atom. The first-order valence-corrected chi connectivity index (χ1v) is 8.75. The number of carbonyl (C=O) groups excluding carboxylic acids is 1. The molecule has 1 saturated heterocycles. The van der Waals surface area contributed by atoms with Crippen LogP contribution >= 0.6 is 0 Å². The fraction of sp³-hybridized carbons (Fsp3) is 0.533. The van der Waals surface area contributed by atoms with Crippen molar-refractivity contribution < 1.29 is 13.2 Å². The number of benzene rings is 1. The molecule has 1 unspecified atom stereocenters. The Hall–Kier alpha value is -1.40. The molecule has 21 heavy (non-hydrogen) atoms. The minimum Gasteiger partial charge on any atom is -0.343 e. The summed E-state index contributed by atoms with van der Waals surface area (Å²) in [5.41, 5.74) is 0.821. The third kappa shape index (κ3) is 3.83. The maximum absolute atomic E-state index is 12.4. The van der Waals surface area contributed by atoms with Gasteiger partial charge < -0.3 is 4.90 Å². The van der Waals surface area contributed by atoms with E-state index >= 15 is 0 Å². The molecule has 2 rings (SSSR count). The molecule has 0 bridgehead atoms.